The number of carbonyl (C=O) groups excluding carboxylic acids is 1. The molecule has 7 heteroatoms. The van der Waals surface area contributed by atoms with Crippen molar-refractivity contribution in [1.82, 2.24) is 0 Å². The third kappa shape index (κ3) is 3.14. The van der Waals surface area contributed by atoms with E-state index in [1.807, 2.05) is 0 Å². The van der Waals surface area contributed by atoms with Crippen molar-refractivity contribution in [2.75, 3.05) is 0 Å². The Kier molecular flexibility index (Phi) is 4.84. The van der Waals surface area contributed by atoms with Crippen molar-refractivity contribution in [2.24, 2.45) is 5.73 Å². The van der Waals surface area contributed by atoms with E-state index in [0.717, 1.165) is 12.1 Å². The highest BCUT2D eigenvalue weighted by molar-refractivity contribution is 7.80. The topological polar surface area (TPSA) is 43.1 Å². The van der Waals surface area contributed by atoms with Gasteiger partial charge in [0.05, 0.1) is 5.56 Å². The summed E-state index contributed by atoms with van der Waals surface area (Å²) >= 11 is 11.3. The van der Waals surface area contributed by atoms with E-state index in [9.17, 15) is 18.0 Å². The van der Waals surface area contributed by atoms with Gasteiger partial charge in [-0.05, 0) is 29.3 Å². The summed E-state index contributed by atoms with van der Waals surface area (Å²) in [6.07, 6.45) is 0.878. The number of aldehydes is 1. The van der Waals surface area contributed by atoms with Crippen molar-refractivity contribution in [3.05, 3.63) is 57.6 Å². The van der Waals surface area contributed by atoms with Gasteiger partial charge >= 0.3 is 6.18 Å². The molecular formula is C15H11ClF3NOS. The average molecular weight is 346 g/mol. The van der Waals surface area contributed by atoms with Crippen LogP contribution in [0.15, 0.2) is 35.9 Å². The number of thiocarbonyl (C=S) groups is 1. The Morgan fingerprint density at radius 1 is 1.36 bits per heavy atom. The molecule has 1 aliphatic carbocycles. The maximum atomic E-state index is 12.9. The van der Waals surface area contributed by atoms with Crippen LogP contribution < -0.4 is 5.73 Å². The molecule has 1 unspecified atom stereocenters. The van der Waals surface area contributed by atoms with Crippen LogP contribution in [0.2, 0.25) is 5.02 Å². The van der Waals surface area contributed by atoms with Crippen molar-refractivity contribution >= 4 is 35.0 Å². The maximum absolute atomic E-state index is 12.9. The Morgan fingerprint density at radius 2 is 2.05 bits per heavy atom. The van der Waals surface area contributed by atoms with Crippen LogP contribution in [0.1, 0.15) is 22.6 Å². The molecule has 22 heavy (non-hydrogen) atoms. The molecule has 0 radical (unpaired) electrons. The summed E-state index contributed by atoms with van der Waals surface area (Å²) in [6, 6.07) is 1.78. The van der Waals surface area contributed by atoms with Crippen LogP contribution in [0.25, 0.3) is 0 Å². The summed E-state index contributed by atoms with van der Waals surface area (Å²) < 4.78 is 38.6. The summed E-state index contributed by atoms with van der Waals surface area (Å²) in [6.45, 7) is -0.145. The zero-order chi connectivity index (χ0) is 16.5. The molecule has 116 valence electrons. The SMILES string of the molecule is NCc1cc(C(F)(F)F)cc(Cl)c1C1C(=S)C=CC=C1C=O. The first-order valence-corrected chi connectivity index (χ1v) is 7.05. The predicted molar refractivity (Wildman–Crippen MR) is 83.0 cm³/mol. The van der Waals surface area contributed by atoms with E-state index < -0.39 is 17.7 Å². The van der Waals surface area contributed by atoms with Gasteiger partial charge < -0.3 is 5.73 Å². The minimum absolute atomic E-state index is 0.106. The van der Waals surface area contributed by atoms with Crippen LogP contribution in [0.4, 0.5) is 13.2 Å². The second kappa shape index (κ2) is 6.32. The number of carbonyl (C=O) groups is 1. The molecule has 0 saturated heterocycles. The van der Waals surface area contributed by atoms with Crippen molar-refractivity contribution in [3.8, 4) is 0 Å². The minimum Gasteiger partial charge on any atom is -0.326 e. The molecule has 2 N–H and O–H groups in total. The van der Waals surface area contributed by atoms with E-state index >= 15 is 0 Å². The molecule has 1 aromatic carbocycles. The van der Waals surface area contributed by atoms with E-state index in [1.54, 1.807) is 18.2 Å². The highest BCUT2D eigenvalue weighted by Crippen LogP contribution is 2.40. The third-order valence-corrected chi connectivity index (χ3v) is 4.04. The molecule has 0 fully saturated rings. The molecule has 2 rings (SSSR count). The average Bonchev–Trinajstić information content (AvgIpc) is 2.45. The zero-order valence-electron chi connectivity index (χ0n) is 11.2. The van der Waals surface area contributed by atoms with Gasteiger partial charge in [-0.3, -0.25) is 4.79 Å². The third-order valence-electron chi connectivity index (χ3n) is 3.35. The molecule has 0 spiro atoms. The second-order valence-electron chi connectivity index (χ2n) is 4.71. The number of rotatable bonds is 3. The van der Waals surface area contributed by atoms with Gasteiger partial charge in [-0.2, -0.15) is 13.2 Å². The van der Waals surface area contributed by atoms with E-state index in [0.29, 0.717) is 22.3 Å². The van der Waals surface area contributed by atoms with Crippen molar-refractivity contribution in [3.63, 3.8) is 0 Å². The zero-order valence-corrected chi connectivity index (χ0v) is 12.7. The predicted octanol–water partition coefficient (Wildman–Crippen LogP) is 3.97. The normalized spacial score (nSPS) is 18.3. The second-order valence-corrected chi connectivity index (χ2v) is 5.59. The Morgan fingerprint density at radius 3 is 2.59 bits per heavy atom. The molecule has 0 bridgehead atoms. The van der Waals surface area contributed by atoms with E-state index in [4.69, 9.17) is 29.6 Å². The number of hydrogen-bond acceptors (Lipinski definition) is 3. The monoisotopic (exact) mass is 345 g/mol. The fourth-order valence-corrected chi connectivity index (χ4v) is 3.04. The largest absolute Gasteiger partial charge is 0.416 e. The minimum atomic E-state index is -4.53. The lowest BCUT2D eigenvalue weighted by atomic mass is 9.82. The fourth-order valence-electron chi connectivity index (χ4n) is 2.36. The highest BCUT2D eigenvalue weighted by Gasteiger charge is 2.34. The van der Waals surface area contributed by atoms with Gasteiger partial charge in [-0.25, -0.2) is 0 Å². The number of alkyl halides is 3. The molecule has 1 atom stereocenters. The summed E-state index contributed by atoms with van der Waals surface area (Å²) in [5, 5.41) is -0.106. The summed E-state index contributed by atoms with van der Waals surface area (Å²) in [5.74, 6) is -0.661. The fraction of sp³-hybridized carbons (Fsp3) is 0.200. The first-order valence-electron chi connectivity index (χ1n) is 6.26. The molecule has 0 aromatic heterocycles. The molecule has 2 nitrogen and oxygen atoms in total. The van der Waals surface area contributed by atoms with Gasteiger partial charge in [0, 0.05) is 27.9 Å². The standard InChI is InChI=1S/C15H11ClF3NOS/c16-11-5-10(15(17,18)19)4-9(6-20)13(11)14-8(7-21)2-1-3-12(14)22/h1-5,7,14H,6,20H2. The number of allylic oxidation sites excluding steroid dienone is 4. The Labute approximate surface area is 135 Å². The number of nitrogens with two attached hydrogens (primary N) is 1. The van der Waals surface area contributed by atoms with Gasteiger partial charge in [0.2, 0.25) is 0 Å². The molecule has 1 aliphatic rings. The molecule has 0 saturated carbocycles. The summed E-state index contributed by atoms with van der Waals surface area (Å²) in [7, 11) is 0. The number of halogens is 4. The van der Waals surface area contributed by atoms with Gasteiger partial charge in [-0.15, -0.1) is 0 Å². The van der Waals surface area contributed by atoms with Gasteiger partial charge in [0.25, 0.3) is 0 Å². The Bertz CT molecular complexity index is 695. The number of hydrogen-bond donors (Lipinski definition) is 1. The molecule has 0 amide bonds. The highest BCUT2D eigenvalue weighted by atomic mass is 35.5. The lowest BCUT2D eigenvalue weighted by molar-refractivity contribution is -0.137. The van der Waals surface area contributed by atoms with E-state index in [1.165, 1.54) is 0 Å². The number of benzene rings is 1. The molecular weight excluding hydrogens is 335 g/mol. The lowest BCUT2D eigenvalue weighted by Gasteiger charge is -2.24. The van der Waals surface area contributed by atoms with Gasteiger partial charge in [-0.1, -0.05) is 36.0 Å². The van der Waals surface area contributed by atoms with Gasteiger partial charge in [0.15, 0.2) is 0 Å². The van der Waals surface area contributed by atoms with Crippen LogP contribution in [0.5, 0.6) is 0 Å². The van der Waals surface area contributed by atoms with Crippen LogP contribution in [-0.4, -0.2) is 11.2 Å². The lowest BCUT2D eigenvalue weighted by Crippen LogP contribution is -2.19. The summed E-state index contributed by atoms with van der Waals surface area (Å²) in [4.78, 5) is 11.6. The first-order chi connectivity index (χ1) is 10.3. The molecule has 0 aliphatic heterocycles. The Hall–Kier alpha value is -1.50. The van der Waals surface area contributed by atoms with Crippen LogP contribution in [0.3, 0.4) is 0 Å². The Balaban J connectivity index is 2.65. The van der Waals surface area contributed by atoms with E-state index in [-0.39, 0.29) is 17.1 Å². The van der Waals surface area contributed by atoms with Crippen molar-refractivity contribution in [2.45, 2.75) is 18.6 Å². The van der Waals surface area contributed by atoms with Crippen LogP contribution in [0, 0.1) is 0 Å². The van der Waals surface area contributed by atoms with Crippen LogP contribution in [-0.2, 0) is 17.5 Å². The van der Waals surface area contributed by atoms with Crippen molar-refractivity contribution in [1.29, 1.82) is 0 Å². The molecule has 0 heterocycles. The van der Waals surface area contributed by atoms with Crippen molar-refractivity contribution < 1.29 is 18.0 Å². The van der Waals surface area contributed by atoms with Crippen LogP contribution >= 0.6 is 23.8 Å². The van der Waals surface area contributed by atoms with E-state index in [2.05, 4.69) is 0 Å². The quantitative estimate of drug-likeness (QED) is 0.666. The smallest absolute Gasteiger partial charge is 0.326 e. The summed E-state index contributed by atoms with van der Waals surface area (Å²) in [5.41, 5.74) is 5.60. The first kappa shape index (κ1) is 16.9. The maximum Gasteiger partial charge on any atom is 0.416 e. The van der Waals surface area contributed by atoms with Gasteiger partial charge in [0.1, 0.15) is 6.29 Å². The molecule has 1 aromatic rings.